The number of rotatable bonds is 1. The lowest BCUT2D eigenvalue weighted by Crippen LogP contribution is -2.26. The minimum Gasteiger partial charge on any atom is -0.506 e. The topological polar surface area (TPSA) is 123 Å². The van der Waals surface area contributed by atoms with Gasteiger partial charge >= 0.3 is 0 Å². The Bertz CT molecular complexity index is 470. The predicted octanol–water partition coefficient (Wildman–Crippen LogP) is 0.513. The minimum atomic E-state index is -0.756. The number of phenols is 1. The van der Waals surface area contributed by atoms with Crippen LogP contribution < -0.4 is 17.2 Å². The molecule has 86 valence electrons. The Morgan fingerprint density at radius 1 is 1.31 bits per heavy atom. The lowest BCUT2D eigenvalue weighted by molar-refractivity contribution is 0.471. The average Bonchev–Trinajstić information content (AvgIpc) is 2.17. The van der Waals surface area contributed by atoms with Gasteiger partial charge in [0.25, 0.3) is 0 Å². The highest BCUT2D eigenvalue weighted by Gasteiger charge is 2.11. The molecule has 0 saturated carbocycles. The van der Waals surface area contributed by atoms with Gasteiger partial charge in [-0.1, -0.05) is 0 Å². The molecule has 0 atom stereocenters. The fraction of sp³-hybridized carbons (Fsp3) is 0. The first kappa shape index (κ1) is 12.2. The number of aliphatic imine (C=N–C) groups is 2. The smallest absolute Gasteiger partial charge is 0.224 e. The molecule has 0 aromatic heterocycles. The summed E-state index contributed by atoms with van der Waals surface area (Å²) in [5.74, 6) is -1.79. The van der Waals surface area contributed by atoms with Crippen molar-refractivity contribution >= 4 is 33.5 Å². The second-order valence-electron chi connectivity index (χ2n) is 2.74. The third-order valence-electron chi connectivity index (χ3n) is 1.52. The van der Waals surface area contributed by atoms with Gasteiger partial charge in [0, 0.05) is 0 Å². The molecule has 0 saturated heterocycles. The average molecular weight is 290 g/mol. The fourth-order valence-corrected chi connectivity index (χ4v) is 1.23. The van der Waals surface area contributed by atoms with Crippen molar-refractivity contribution in [2.75, 3.05) is 0 Å². The molecule has 16 heavy (non-hydrogen) atoms. The van der Waals surface area contributed by atoms with E-state index in [4.69, 9.17) is 17.2 Å². The van der Waals surface area contributed by atoms with Gasteiger partial charge in [-0.15, -0.1) is 0 Å². The molecule has 1 aromatic rings. The second-order valence-corrected chi connectivity index (χ2v) is 3.59. The van der Waals surface area contributed by atoms with E-state index in [0.29, 0.717) is 0 Å². The molecule has 0 bridgehead atoms. The monoisotopic (exact) mass is 289 g/mol. The van der Waals surface area contributed by atoms with Crippen molar-refractivity contribution in [1.82, 2.24) is 0 Å². The van der Waals surface area contributed by atoms with Crippen LogP contribution in [0.1, 0.15) is 0 Å². The maximum absolute atomic E-state index is 13.5. The molecule has 0 aliphatic carbocycles. The van der Waals surface area contributed by atoms with E-state index in [1.54, 1.807) is 0 Å². The Morgan fingerprint density at radius 3 is 2.50 bits per heavy atom. The van der Waals surface area contributed by atoms with Gasteiger partial charge in [0.15, 0.2) is 11.8 Å². The highest BCUT2D eigenvalue weighted by Crippen LogP contribution is 2.33. The third-order valence-corrected chi connectivity index (χ3v) is 2.13. The Balaban J connectivity index is 3.24. The molecule has 0 amide bonds. The fourth-order valence-electron chi connectivity index (χ4n) is 0.908. The van der Waals surface area contributed by atoms with Gasteiger partial charge in [0.05, 0.1) is 4.47 Å². The highest BCUT2D eigenvalue weighted by molar-refractivity contribution is 9.10. The zero-order valence-corrected chi connectivity index (χ0v) is 9.57. The third kappa shape index (κ3) is 2.83. The van der Waals surface area contributed by atoms with Crippen LogP contribution in [0.4, 0.5) is 10.1 Å². The zero-order chi connectivity index (χ0) is 12.3. The van der Waals surface area contributed by atoms with E-state index in [2.05, 4.69) is 25.9 Å². The Kier molecular flexibility index (Phi) is 3.67. The molecule has 0 fully saturated rings. The van der Waals surface area contributed by atoms with Crippen molar-refractivity contribution in [1.29, 1.82) is 0 Å². The molecule has 0 aliphatic rings. The number of halogens is 2. The number of nitrogens with zero attached hydrogens (tertiary/aromatic N) is 2. The van der Waals surface area contributed by atoms with Crippen LogP contribution in [0.5, 0.6) is 5.75 Å². The minimum absolute atomic E-state index is 0.140. The van der Waals surface area contributed by atoms with Crippen molar-refractivity contribution in [3.8, 4) is 5.75 Å². The van der Waals surface area contributed by atoms with Crippen LogP contribution in [0.2, 0.25) is 0 Å². The number of phenolic OH excluding ortho intramolecular Hbond substituents is 1. The van der Waals surface area contributed by atoms with Gasteiger partial charge in [-0.3, -0.25) is 0 Å². The van der Waals surface area contributed by atoms with Gasteiger partial charge in [-0.2, -0.15) is 4.99 Å². The number of hydrogen-bond donors (Lipinski definition) is 4. The summed E-state index contributed by atoms with van der Waals surface area (Å²) in [6.07, 6.45) is 0. The summed E-state index contributed by atoms with van der Waals surface area (Å²) in [6.45, 7) is 0. The van der Waals surface area contributed by atoms with Gasteiger partial charge in [0.2, 0.25) is 5.96 Å². The molecule has 0 heterocycles. The first-order valence-corrected chi connectivity index (χ1v) is 4.82. The van der Waals surface area contributed by atoms with Crippen molar-refractivity contribution in [2.45, 2.75) is 0 Å². The summed E-state index contributed by atoms with van der Waals surface area (Å²) in [4.78, 5) is 6.94. The van der Waals surface area contributed by atoms with Crippen molar-refractivity contribution in [3.63, 3.8) is 0 Å². The van der Waals surface area contributed by atoms with E-state index in [-0.39, 0.29) is 27.8 Å². The summed E-state index contributed by atoms with van der Waals surface area (Å²) in [7, 11) is 0. The maximum atomic E-state index is 13.5. The van der Waals surface area contributed by atoms with Crippen LogP contribution in [0, 0.1) is 5.82 Å². The van der Waals surface area contributed by atoms with Crippen LogP contribution >= 0.6 is 15.9 Å². The lowest BCUT2D eigenvalue weighted by atomic mass is 10.3. The lowest BCUT2D eigenvalue weighted by Gasteiger charge is -2.02. The van der Waals surface area contributed by atoms with Gasteiger partial charge < -0.3 is 22.3 Å². The molecule has 1 rings (SSSR count). The standard InChI is InChI=1S/C8H9BrFN5O/c9-3-1-2-4(16)6(5(3)10)14-8(13)15-7(11)12/h1-2,16H,(H6,11,12,13,14,15). The summed E-state index contributed by atoms with van der Waals surface area (Å²) in [5.41, 5.74) is 15.1. The van der Waals surface area contributed by atoms with E-state index < -0.39 is 5.82 Å². The van der Waals surface area contributed by atoms with Gasteiger partial charge in [0.1, 0.15) is 11.4 Å². The molecule has 0 aliphatic heterocycles. The van der Waals surface area contributed by atoms with Crippen LogP contribution in [0.15, 0.2) is 26.6 Å². The maximum Gasteiger partial charge on any atom is 0.224 e. The molecule has 8 heteroatoms. The second kappa shape index (κ2) is 4.79. The summed E-state index contributed by atoms with van der Waals surface area (Å²) >= 11 is 2.94. The Hall–Kier alpha value is -1.83. The van der Waals surface area contributed by atoms with Crippen molar-refractivity contribution in [2.24, 2.45) is 27.2 Å². The Labute approximate surface area is 98.8 Å². The van der Waals surface area contributed by atoms with E-state index in [1.807, 2.05) is 0 Å². The predicted molar refractivity (Wildman–Crippen MR) is 62.9 cm³/mol. The number of hydrogen-bond acceptors (Lipinski definition) is 2. The van der Waals surface area contributed by atoms with Crippen LogP contribution in [0.3, 0.4) is 0 Å². The quantitative estimate of drug-likeness (QED) is 0.444. The van der Waals surface area contributed by atoms with Crippen LogP contribution in [-0.2, 0) is 0 Å². The van der Waals surface area contributed by atoms with E-state index in [1.165, 1.54) is 12.1 Å². The van der Waals surface area contributed by atoms with Gasteiger partial charge in [-0.25, -0.2) is 9.38 Å². The number of guanidine groups is 2. The van der Waals surface area contributed by atoms with Crippen LogP contribution in [0.25, 0.3) is 0 Å². The molecular formula is C8H9BrFN5O. The summed E-state index contributed by atoms with van der Waals surface area (Å²) in [6, 6.07) is 2.59. The molecule has 1 aromatic carbocycles. The van der Waals surface area contributed by atoms with Crippen molar-refractivity contribution in [3.05, 3.63) is 22.4 Å². The van der Waals surface area contributed by atoms with E-state index in [0.717, 1.165) is 0 Å². The van der Waals surface area contributed by atoms with E-state index in [9.17, 15) is 9.50 Å². The number of aromatic hydroxyl groups is 1. The number of nitrogens with two attached hydrogens (primary N) is 3. The summed E-state index contributed by atoms with van der Waals surface area (Å²) in [5, 5.41) is 9.36. The number of benzene rings is 1. The first-order chi connectivity index (χ1) is 7.41. The molecule has 0 spiro atoms. The SMILES string of the molecule is NC(N)=NC(N)=Nc1c(O)ccc(Br)c1F. The van der Waals surface area contributed by atoms with E-state index >= 15 is 0 Å². The molecule has 7 N–H and O–H groups in total. The van der Waals surface area contributed by atoms with Crippen LogP contribution in [-0.4, -0.2) is 17.0 Å². The highest BCUT2D eigenvalue weighted by atomic mass is 79.9. The Morgan fingerprint density at radius 2 is 1.94 bits per heavy atom. The zero-order valence-electron chi connectivity index (χ0n) is 7.98. The summed E-state index contributed by atoms with van der Waals surface area (Å²) < 4.78 is 13.6. The van der Waals surface area contributed by atoms with Gasteiger partial charge in [-0.05, 0) is 28.1 Å². The normalized spacial score (nSPS) is 11.2. The molecular weight excluding hydrogens is 281 g/mol. The molecule has 0 unspecified atom stereocenters. The largest absolute Gasteiger partial charge is 0.506 e. The molecule has 6 nitrogen and oxygen atoms in total. The first-order valence-electron chi connectivity index (χ1n) is 4.02. The van der Waals surface area contributed by atoms with Crippen molar-refractivity contribution < 1.29 is 9.50 Å². The molecule has 0 radical (unpaired) electrons.